The van der Waals surface area contributed by atoms with Crippen LogP contribution in [0.4, 0.5) is 0 Å². The number of hydrogen-bond donors (Lipinski definition) is 1. The minimum absolute atomic E-state index is 0.195. The van der Waals surface area contributed by atoms with E-state index in [-0.39, 0.29) is 11.4 Å². The Balaban J connectivity index is 0.000000325. The monoisotopic (exact) mass is 333 g/mol. The first-order valence-corrected chi connectivity index (χ1v) is 8.79. The maximum atomic E-state index is 10.8. The minimum atomic E-state index is -2.24. The summed E-state index contributed by atoms with van der Waals surface area (Å²) in [4.78, 5) is 10.8. The summed E-state index contributed by atoms with van der Waals surface area (Å²) >= 11 is 18.6. The van der Waals surface area contributed by atoms with Crippen molar-refractivity contribution in [3.05, 3.63) is 27.6 Å². The molecule has 0 spiro atoms. The lowest BCUT2D eigenvalue weighted by atomic mass is 10.6. The van der Waals surface area contributed by atoms with Crippen molar-refractivity contribution in [2.24, 2.45) is 0 Å². The molecular formula is C7H11ClN2O3PS3-. The maximum absolute atomic E-state index is 10.8. The van der Waals surface area contributed by atoms with E-state index < -0.39 is 5.69 Å². The van der Waals surface area contributed by atoms with Crippen LogP contribution < -0.4 is 5.56 Å². The van der Waals surface area contributed by atoms with E-state index >= 15 is 0 Å². The van der Waals surface area contributed by atoms with Crippen molar-refractivity contribution < 1.29 is 9.05 Å². The Bertz CT molecular complexity index is 448. The summed E-state index contributed by atoms with van der Waals surface area (Å²) in [5.74, 6) is 0.249. The van der Waals surface area contributed by atoms with Crippen LogP contribution in [0.15, 0.2) is 16.9 Å². The van der Waals surface area contributed by atoms with E-state index in [1.54, 1.807) is 0 Å². The van der Waals surface area contributed by atoms with Crippen molar-refractivity contribution in [3.63, 3.8) is 0 Å². The molecule has 0 aliphatic carbocycles. The fourth-order valence-corrected chi connectivity index (χ4v) is 1.11. The van der Waals surface area contributed by atoms with Gasteiger partial charge in [-0.05, 0) is 6.07 Å². The fraction of sp³-hybridized carbons (Fsp3) is 0.429. The lowest BCUT2D eigenvalue weighted by Gasteiger charge is -2.22. The van der Waals surface area contributed by atoms with Gasteiger partial charge in [0.1, 0.15) is 5.15 Å². The zero-order chi connectivity index (χ0) is 13.5. The van der Waals surface area contributed by atoms with Crippen molar-refractivity contribution in [1.29, 1.82) is 0 Å². The number of halogens is 1. The second-order valence-corrected chi connectivity index (χ2v) is 8.32. The van der Waals surface area contributed by atoms with Crippen molar-refractivity contribution in [1.82, 2.24) is 9.78 Å². The summed E-state index contributed by atoms with van der Waals surface area (Å²) in [5, 5.41) is 3.98. The summed E-state index contributed by atoms with van der Waals surface area (Å²) in [6.07, 6.45) is 0. The van der Waals surface area contributed by atoms with Gasteiger partial charge in [0.25, 0.3) is 5.56 Å². The Morgan fingerprint density at radius 3 is 2.41 bits per heavy atom. The van der Waals surface area contributed by atoms with Crippen molar-refractivity contribution in [2.45, 2.75) is 5.88 Å². The predicted molar refractivity (Wildman–Crippen MR) is 78.2 cm³/mol. The van der Waals surface area contributed by atoms with E-state index in [1.807, 2.05) is 0 Å². The van der Waals surface area contributed by atoms with Gasteiger partial charge in [0.05, 0.1) is 11.6 Å². The molecule has 0 radical (unpaired) electrons. The molecule has 10 heteroatoms. The SMILES string of the molecule is COP(=S)([S-])OC.O=c1ccc(Cl)nn1CS. The molecule has 1 aromatic rings. The van der Waals surface area contributed by atoms with Crippen LogP contribution >= 0.6 is 29.9 Å². The molecular weight excluding hydrogens is 323 g/mol. The molecule has 0 unspecified atom stereocenters. The first kappa shape index (κ1) is 17.4. The zero-order valence-corrected chi connectivity index (χ0v) is 13.2. The number of nitrogens with zero attached hydrogens (tertiary/aromatic N) is 2. The molecule has 5 nitrogen and oxygen atoms in total. The van der Waals surface area contributed by atoms with E-state index in [0.29, 0.717) is 5.15 Å². The summed E-state index contributed by atoms with van der Waals surface area (Å²) in [6.45, 7) is 0. The smallest absolute Gasteiger partial charge is 0.267 e. The van der Waals surface area contributed by atoms with Crippen molar-refractivity contribution in [3.8, 4) is 0 Å². The molecule has 0 aliphatic rings. The minimum Gasteiger partial charge on any atom is -0.691 e. The highest BCUT2D eigenvalue weighted by Gasteiger charge is 1.93. The Morgan fingerprint density at radius 1 is 1.59 bits per heavy atom. The van der Waals surface area contributed by atoms with Gasteiger partial charge in [-0.1, -0.05) is 23.4 Å². The van der Waals surface area contributed by atoms with Crippen LogP contribution in [0.25, 0.3) is 0 Å². The summed E-state index contributed by atoms with van der Waals surface area (Å²) < 4.78 is 10.4. The van der Waals surface area contributed by atoms with Crippen LogP contribution in [-0.2, 0) is 39.0 Å². The molecule has 0 fully saturated rings. The summed E-state index contributed by atoms with van der Waals surface area (Å²) in [6, 6.07) is 2.80. The van der Waals surface area contributed by atoms with Crippen LogP contribution in [0, 0.1) is 0 Å². The normalized spacial score (nSPS) is 10.6. The van der Waals surface area contributed by atoms with Gasteiger partial charge in [0, 0.05) is 20.3 Å². The molecule has 0 atom stereocenters. The second kappa shape index (κ2) is 8.53. The van der Waals surface area contributed by atoms with Crippen LogP contribution in [0.3, 0.4) is 0 Å². The third-order valence-corrected chi connectivity index (χ3v) is 4.57. The largest absolute Gasteiger partial charge is 0.691 e. The molecule has 1 aromatic heterocycles. The Labute approximate surface area is 120 Å². The average molecular weight is 334 g/mol. The third kappa shape index (κ3) is 7.46. The molecule has 17 heavy (non-hydrogen) atoms. The topological polar surface area (TPSA) is 53.4 Å². The molecule has 98 valence electrons. The molecule has 0 N–H and O–H groups in total. The summed E-state index contributed by atoms with van der Waals surface area (Å²) in [5.41, 5.74) is -2.43. The lowest BCUT2D eigenvalue weighted by Crippen LogP contribution is -2.19. The van der Waals surface area contributed by atoms with Crippen LogP contribution in [0.1, 0.15) is 0 Å². The Hall–Kier alpha value is 0.440. The molecule has 0 amide bonds. The summed E-state index contributed by atoms with van der Waals surface area (Å²) in [7, 11) is 2.91. The third-order valence-electron chi connectivity index (χ3n) is 1.42. The van der Waals surface area contributed by atoms with Crippen molar-refractivity contribution in [2.75, 3.05) is 14.2 Å². The van der Waals surface area contributed by atoms with Crippen molar-refractivity contribution >= 4 is 54.0 Å². The quantitative estimate of drug-likeness (QED) is 0.517. The number of rotatable bonds is 3. The van der Waals surface area contributed by atoms with Gasteiger partial charge >= 0.3 is 0 Å². The van der Waals surface area contributed by atoms with E-state index in [2.05, 4.69) is 50.8 Å². The average Bonchev–Trinajstić information content (AvgIpc) is 2.33. The number of hydrogen-bond acceptors (Lipinski definition) is 7. The van der Waals surface area contributed by atoms with Gasteiger partial charge in [0.15, 0.2) is 0 Å². The number of thiol groups is 1. The Morgan fingerprint density at radius 2 is 2.12 bits per heavy atom. The van der Waals surface area contributed by atoms with E-state index in [1.165, 1.54) is 31.0 Å². The Kier molecular flexibility index (Phi) is 8.75. The van der Waals surface area contributed by atoms with E-state index in [0.717, 1.165) is 0 Å². The molecule has 1 rings (SSSR count). The first-order chi connectivity index (χ1) is 7.86. The predicted octanol–water partition coefficient (Wildman–Crippen LogP) is 1.83. The van der Waals surface area contributed by atoms with Gasteiger partial charge in [-0.25, -0.2) is 4.68 Å². The first-order valence-electron chi connectivity index (χ1n) is 4.13. The highest BCUT2D eigenvalue weighted by Crippen LogP contribution is 2.43. The molecule has 0 saturated carbocycles. The van der Waals surface area contributed by atoms with Gasteiger partial charge in [-0.2, -0.15) is 17.7 Å². The van der Waals surface area contributed by atoms with Gasteiger partial charge in [-0.15, -0.1) is 0 Å². The fourth-order valence-electron chi connectivity index (χ4n) is 0.600. The molecule has 0 saturated heterocycles. The van der Waals surface area contributed by atoms with Crippen LogP contribution in [0.5, 0.6) is 0 Å². The zero-order valence-electron chi connectivity index (χ0n) is 9.07. The number of aromatic nitrogens is 2. The highest BCUT2D eigenvalue weighted by atomic mass is 35.5. The van der Waals surface area contributed by atoms with Gasteiger partial charge in [-0.3, -0.25) is 4.79 Å². The molecule has 1 heterocycles. The maximum Gasteiger partial charge on any atom is 0.267 e. The van der Waals surface area contributed by atoms with E-state index in [4.69, 9.17) is 11.6 Å². The molecule has 0 bridgehead atoms. The van der Waals surface area contributed by atoms with Gasteiger partial charge < -0.3 is 21.3 Å². The lowest BCUT2D eigenvalue weighted by molar-refractivity contribution is 0.354. The molecule has 0 aliphatic heterocycles. The standard InChI is InChI=1S/C5H5ClN2OS.C2H7O2PS2/c6-4-1-2-5(9)8(3-10)7-4;1-3-5(6,7)4-2/h1-2,10H,3H2;1-2H3,(H,6,7)/p-1. The molecule has 0 aromatic carbocycles. The highest BCUT2D eigenvalue weighted by molar-refractivity contribution is 8.51. The van der Waals surface area contributed by atoms with E-state index in [9.17, 15) is 4.79 Å². The van der Waals surface area contributed by atoms with Crippen LogP contribution in [0.2, 0.25) is 5.15 Å². The van der Waals surface area contributed by atoms with Gasteiger partial charge in [0.2, 0.25) is 0 Å². The second-order valence-electron chi connectivity index (χ2n) is 2.45. The van der Waals surface area contributed by atoms with Crippen LogP contribution in [-0.4, -0.2) is 24.0 Å².